The summed E-state index contributed by atoms with van der Waals surface area (Å²) in [6.07, 6.45) is 6.85. The fourth-order valence-corrected chi connectivity index (χ4v) is 4.19. The molecule has 1 amide bonds. The van der Waals surface area contributed by atoms with E-state index in [4.69, 9.17) is 4.52 Å². The average Bonchev–Trinajstić information content (AvgIpc) is 3.24. The van der Waals surface area contributed by atoms with E-state index in [1.165, 1.54) is 12.8 Å². The van der Waals surface area contributed by atoms with Crippen molar-refractivity contribution in [2.24, 2.45) is 5.92 Å². The van der Waals surface area contributed by atoms with Gasteiger partial charge in [0.25, 0.3) is 5.89 Å². The maximum Gasteiger partial charge on any atom is 0.258 e. The summed E-state index contributed by atoms with van der Waals surface area (Å²) in [5.74, 6) is 2.51. The molecule has 5 rings (SSSR count). The van der Waals surface area contributed by atoms with E-state index in [0.29, 0.717) is 17.7 Å². The van der Waals surface area contributed by atoms with Gasteiger partial charge >= 0.3 is 0 Å². The van der Waals surface area contributed by atoms with Crippen molar-refractivity contribution in [2.75, 3.05) is 13.1 Å². The smallest absolute Gasteiger partial charge is 0.258 e. The molecule has 2 aliphatic rings. The van der Waals surface area contributed by atoms with Crippen LogP contribution in [0.2, 0.25) is 0 Å². The van der Waals surface area contributed by atoms with Crippen LogP contribution in [0.5, 0.6) is 0 Å². The van der Waals surface area contributed by atoms with E-state index >= 15 is 0 Å². The highest BCUT2D eigenvalue weighted by atomic mass is 16.5. The Bertz CT molecular complexity index is 1020. The van der Waals surface area contributed by atoms with Crippen LogP contribution in [0.1, 0.15) is 63.7 Å². The Kier molecular flexibility index (Phi) is 4.60. The highest BCUT2D eigenvalue weighted by molar-refractivity contribution is 5.83. The van der Waals surface area contributed by atoms with Gasteiger partial charge in [0.1, 0.15) is 0 Å². The molecular weight excluding hydrogens is 366 g/mol. The zero-order chi connectivity index (χ0) is 20.0. The van der Waals surface area contributed by atoms with Gasteiger partial charge in [0.15, 0.2) is 5.82 Å². The maximum absolute atomic E-state index is 12.3. The molecule has 0 unspecified atom stereocenters. The number of rotatable bonds is 5. The van der Waals surface area contributed by atoms with Crippen molar-refractivity contribution in [2.45, 2.75) is 57.9 Å². The molecule has 1 aromatic carbocycles. The molecule has 3 aromatic rings. The monoisotopic (exact) mass is 393 g/mol. The van der Waals surface area contributed by atoms with E-state index in [0.717, 1.165) is 54.6 Å². The lowest BCUT2D eigenvalue weighted by Gasteiger charge is -2.30. The SMILES string of the molecule is CC(C)n1ncc2ccc(-c3nc(C4CCN(C(=O)CC5CC5)CC4)no3)cc21. The molecule has 0 spiro atoms. The first-order valence-corrected chi connectivity index (χ1v) is 10.7. The van der Waals surface area contributed by atoms with Crippen molar-refractivity contribution >= 4 is 16.8 Å². The molecule has 29 heavy (non-hydrogen) atoms. The Labute approximate surface area is 170 Å². The fourth-order valence-electron chi connectivity index (χ4n) is 4.19. The van der Waals surface area contributed by atoms with Gasteiger partial charge in [0.2, 0.25) is 5.91 Å². The van der Waals surface area contributed by atoms with Crippen LogP contribution in [0.4, 0.5) is 0 Å². The maximum atomic E-state index is 12.3. The Morgan fingerprint density at radius 1 is 1.21 bits per heavy atom. The highest BCUT2D eigenvalue weighted by Crippen LogP contribution is 2.34. The predicted molar refractivity (Wildman–Crippen MR) is 109 cm³/mol. The summed E-state index contributed by atoms with van der Waals surface area (Å²) in [5, 5.41) is 9.83. The molecule has 0 radical (unpaired) electrons. The number of carbonyl (C=O) groups is 1. The Morgan fingerprint density at radius 2 is 2.00 bits per heavy atom. The minimum atomic E-state index is 0.252. The molecular formula is C22H27N5O2. The third-order valence-corrected chi connectivity index (χ3v) is 6.15. The second-order valence-electron chi connectivity index (χ2n) is 8.72. The minimum absolute atomic E-state index is 0.252. The quantitative estimate of drug-likeness (QED) is 0.650. The first-order chi connectivity index (χ1) is 14.1. The molecule has 1 saturated heterocycles. The van der Waals surface area contributed by atoms with Gasteiger partial charge in [-0.05, 0) is 57.6 Å². The van der Waals surface area contributed by atoms with Crippen LogP contribution in [-0.2, 0) is 4.79 Å². The number of amides is 1. The van der Waals surface area contributed by atoms with Gasteiger partial charge in [0.05, 0.1) is 11.7 Å². The van der Waals surface area contributed by atoms with Crippen molar-refractivity contribution in [1.82, 2.24) is 24.8 Å². The second kappa shape index (κ2) is 7.28. The summed E-state index contributed by atoms with van der Waals surface area (Å²) in [6, 6.07) is 6.41. The summed E-state index contributed by atoms with van der Waals surface area (Å²) in [5.41, 5.74) is 1.98. The van der Waals surface area contributed by atoms with Gasteiger partial charge in [-0.2, -0.15) is 10.1 Å². The second-order valence-corrected chi connectivity index (χ2v) is 8.72. The van der Waals surface area contributed by atoms with E-state index in [1.807, 2.05) is 27.9 Å². The number of benzene rings is 1. The average molecular weight is 393 g/mol. The predicted octanol–water partition coefficient (Wildman–Crippen LogP) is 4.17. The molecule has 7 heteroatoms. The first kappa shape index (κ1) is 18.3. The molecule has 2 fully saturated rings. The third kappa shape index (κ3) is 3.66. The molecule has 1 saturated carbocycles. The van der Waals surface area contributed by atoms with E-state index in [2.05, 4.69) is 35.2 Å². The first-order valence-electron chi connectivity index (χ1n) is 10.7. The van der Waals surface area contributed by atoms with Gasteiger partial charge in [0, 0.05) is 42.4 Å². The number of likely N-dealkylation sites (tertiary alicyclic amines) is 1. The standard InChI is InChI=1S/C22H27N5O2/c1-14(2)27-19-12-17(5-6-18(19)13-23-27)22-24-21(25-29-22)16-7-9-26(10-8-16)20(28)11-15-3-4-15/h5-6,12-16H,3-4,7-11H2,1-2H3. The van der Waals surface area contributed by atoms with Crippen molar-refractivity contribution in [1.29, 1.82) is 0 Å². The van der Waals surface area contributed by atoms with Crippen LogP contribution in [0.25, 0.3) is 22.4 Å². The summed E-state index contributed by atoms with van der Waals surface area (Å²) in [6.45, 7) is 5.82. The highest BCUT2D eigenvalue weighted by Gasteiger charge is 2.31. The lowest BCUT2D eigenvalue weighted by Crippen LogP contribution is -2.38. The van der Waals surface area contributed by atoms with Gasteiger partial charge in [-0.15, -0.1) is 0 Å². The summed E-state index contributed by atoms with van der Waals surface area (Å²) in [7, 11) is 0. The van der Waals surface area contributed by atoms with E-state index in [-0.39, 0.29) is 12.0 Å². The topological polar surface area (TPSA) is 77.1 Å². The minimum Gasteiger partial charge on any atom is -0.343 e. The third-order valence-electron chi connectivity index (χ3n) is 6.15. The van der Waals surface area contributed by atoms with Crippen molar-refractivity contribution in [3.63, 3.8) is 0 Å². The lowest BCUT2D eigenvalue weighted by molar-refractivity contribution is -0.132. The Morgan fingerprint density at radius 3 is 2.72 bits per heavy atom. The number of fused-ring (bicyclic) bond motifs is 1. The molecule has 1 aliphatic carbocycles. The molecule has 0 bridgehead atoms. The number of aromatic nitrogens is 4. The summed E-state index contributed by atoms with van der Waals surface area (Å²) < 4.78 is 7.60. The van der Waals surface area contributed by atoms with Crippen LogP contribution in [-0.4, -0.2) is 43.8 Å². The van der Waals surface area contributed by atoms with Crippen LogP contribution >= 0.6 is 0 Å². The molecule has 3 heterocycles. The van der Waals surface area contributed by atoms with E-state index in [1.54, 1.807) is 0 Å². The number of carbonyl (C=O) groups excluding carboxylic acids is 1. The van der Waals surface area contributed by atoms with Crippen molar-refractivity contribution in [3.05, 3.63) is 30.2 Å². The van der Waals surface area contributed by atoms with Crippen molar-refractivity contribution in [3.8, 4) is 11.5 Å². The number of nitrogens with zero attached hydrogens (tertiary/aromatic N) is 5. The van der Waals surface area contributed by atoms with Gasteiger partial charge in [-0.3, -0.25) is 9.48 Å². The number of hydrogen-bond donors (Lipinski definition) is 0. The van der Waals surface area contributed by atoms with Gasteiger partial charge < -0.3 is 9.42 Å². The van der Waals surface area contributed by atoms with E-state index < -0.39 is 0 Å². The van der Waals surface area contributed by atoms with Crippen LogP contribution in [0, 0.1) is 5.92 Å². The van der Waals surface area contributed by atoms with Crippen LogP contribution < -0.4 is 0 Å². The number of piperidine rings is 1. The van der Waals surface area contributed by atoms with Crippen LogP contribution in [0.15, 0.2) is 28.9 Å². The van der Waals surface area contributed by atoms with Crippen molar-refractivity contribution < 1.29 is 9.32 Å². The molecule has 0 atom stereocenters. The summed E-state index contributed by atoms with van der Waals surface area (Å²) in [4.78, 5) is 19.0. The molecule has 7 nitrogen and oxygen atoms in total. The normalized spacial score (nSPS) is 18.1. The number of hydrogen-bond acceptors (Lipinski definition) is 5. The molecule has 2 aromatic heterocycles. The van der Waals surface area contributed by atoms with Gasteiger partial charge in [-0.25, -0.2) is 0 Å². The Hall–Kier alpha value is -2.70. The fraction of sp³-hybridized carbons (Fsp3) is 0.545. The molecule has 0 N–H and O–H groups in total. The van der Waals surface area contributed by atoms with Gasteiger partial charge in [-0.1, -0.05) is 11.2 Å². The lowest BCUT2D eigenvalue weighted by atomic mass is 9.96. The molecule has 152 valence electrons. The molecule has 1 aliphatic heterocycles. The van der Waals surface area contributed by atoms with E-state index in [9.17, 15) is 4.79 Å². The zero-order valence-corrected chi connectivity index (χ0v) is 17.0. The zero-order valence-electron chi connectivity index (χ0n) is 17.0. The van der Waals surface area contributed by atoms with Crippen LogP contribution in [0.3, 0.4) is 0 Å². The largest absolute Gasteiger partial charge is 0.343 e. The Balaban J connectivity index is 1.29. The summed E-state index contributed by atoms with van der Waals surface area (Å²) >= 11 is 0.